The smallest absolute Gasteiger partial charge is 0.0274 e. The summed E-state index contributed by atoms with van der Waals surface area (Å²) in [5.74, 6) is 2.62. The van der Waals surface area contributed by atoms with E-state index in [0.29, 0.717) is 6.04 Å². The fourth-order valence-corrected chi connectivity index (χ4v) is 4.83. The van der Waals surface area contributed by atoms with Crippen molar-refractivity contribution in [2.24, 2.45) is 17.8 Å². The van der Waals surface area contributed by atoms with Crippen molar-refractivity contribution in [2.45, 2.75) is 77.4 Å². The second-order valence-corrected chi connectivity index (χ2v) is 7.53. The number of hydrogen-bond acceptors (Lipinski definition) is 2. The Labute approximate surface area is 120 Å². The van der Waals surface area contributed by atoms with Crippen molar-refractivity contribution in [2.75, 3.05) is 14.1 Å². The molecule has 0 aromatic carbocycles. The Balaban J connectivity index is 2.04. The lowest BCUT2D eigenvalue weighted by Crippen LogP contribution is -2.57. The number of nitrogens with one attached hydrogen (secondary N) is 1. The van der Waals surface area contributed by atoms with Crippen LogP contribution in [0.1, 0.15) is 59.3 Å². The molecule has 0 spiro atoms. The van der Waals surface area contributed by atoms with Crippen LogP contribution in [0.25, 0.3) is 0 Å². The van der Waals surface area contributed by atoms with Crippen LogP contribution in [0.4, 0.5) is 0 Å². The summed E-state index contributed by atoms with van der Waals surface area (Å²) in [6.45, 7) is 7.31. The van der Waals surface area contributed by atoms with Crippen LogP contribution in [0.3, 0.4) is 0 Å². The molecular weight excluding hydrogens is 232 g/mol. The van der Waals surface area contributed by atoms with Gasteiger partial charge in [0.25, 0.3) is 0 Å². The molecule has 2 fully saturated rings. The molecule has 2 aliphatic carbocycles. The van der Waals surface area contributed by atoms with Crippen LogP contribution in [0.15, 0.2) is 0 Å². The normalized spacial score (nSPS) is 44.5. The van der Waals surface area contributed by atoms with E-state index >= 15 is 0 Å². The first-order valence-electron chi connectivity index (χ1n) is 8.42. The highest BCUT2D eigenvalue weighted by molar-refractivity contribution is 4.95. The highest BCUT2D eigenvalue weighted by atomic mass is 15.2. The molecule has 112 valence electrons. The van der Waals surface area contributed by atoms with Crippen molar-refractivity contribution >= 4 is 0 Å². The van der Waals surface area contributed by atoms with Gasteiger partial charge in [-0.1, -0.05) is 33.6 Å². The van der Waals surface area contributed by atoms with Crippen molar-refractivity contribution in [3.8, 4) is 0 Å². The second kappa shape index (κ2) is 6.58. The maximum Gasteiger partial charge on any atom is 0.0274 e. The fourth-order valence-electron chi connectivity index (χ4n) is 4.83. The van der Waals surface area contributed by atoms with Crippen LogP contribution in [-0.4, -0.2) is 37.1 Å². The molecule has 2 rings (SSSR count). The Morgan fingerprint density at radius 1 is 0.947 bits per heavy atom. The van der Waals surface area contributed by atoms with Gasteiger partial charge in [0.05, 0.1) is 0 Å². The van der Waals surface area contributed by atoms with Gasteiger partial charge in [-0.25, -0.2) is 0 Å². The van der Waals surface area contributed by atoms with Gasteiger partial charge in [0.1, 0.15) is 0 Å². The lowest BCUT2D eigenvalue weighted by molar-refractivity contribution is 0.0331. The van der Waals surface area contributed by atoms with E-state index in [2.05, 4.69) is 45.1 Å². The summed E-state index contributed by atoms with van der Waals surface area (Å²) in [6, 6.07) is 2.23. The van der Waals surface area contributed by atoms with Gasteiger partial charge in [0, 0.05) is 18.1 Å². The van der Waals surface area contributed by atoms with Crippen LogP contribution in [-0.2, 0) is 0 Å². The topological polar surface area (TPSA) is 15.3 Å². The zero-order chi connectivity index (χ0) is 14.0. The molecule has 2 heteroatoms. The molecule has 2 nitrogen and oxygen atoms in total. The molecule has 0 aromatic rings. The van der Waals surface area contributed by atoms with Gasteiger partial charge in [-0.2, -0.15) is 0 Å². The SMILES string of the molecule is CNC1CC(C)CC(C)C1N(C)C1CCCC(C)C1. The van der Waals surface area contributed by atoms with Crippen molar-refractivity contribution in [1.29, 1.82) is 0 Å². The molecule has 0 bridgehead atoms. The molecular formula is C17H34N2. The number of hydrogen-bond donors (Lipinski definition) is 1. The van der Waals surface area contributed by atoms with E-state index < -0.39 is 0 Å². The first-order valence-corrected chi connectivity index (χ1v) is 8.42. The molecule has 0 amide bonds. The maximum atomic E-state index is 3.60. The zero-order valence-electron chi connectivity index (χ0n) is 13.7. The molecule has 1 N–H and O–H groups in total. The summed E-state index contributed by atoms with van der Waals surface area (Å²) >= 11 is 0. The summed E-state index contributed by atoms with van der Waals surface area (Å²) in [6.07, 6.45) is 8.43. The van der Waals surface area contributed by atoms with Crippen LogP contribution >= 0.6 is 0 Å². The van der Waals surface area contributed by atoms with Crippen LogP contribution < -0.4 is 5.32 Å². The third kappa shape index (κ3) is 3.52. The van der Waals surface area contributed by atoms with Gasteiger partial charge in [-0.05, 0) is 57.5 Å². The Morgan fingerprint density at radius 2 is 1.68 bits per heavy atom. The Hall–Kier alpha value is -0.0800. The van der Waals surface area contributed by atoms with E-state index in [1.807, 2.05) is 0 Å². The molecule has 19 heavy (non-hydrogen) atoms. The summed E-state index contributed by atoms with van der Waals surface area (Å²) in [5.41, 5.74) is 0. The van der Waals surface area contributed by atoms with Gasteiger partial charge < -0.3 is 5.32 Å². The molecule has 2 aliphatic rings. The third-order valence-corrected chi connectivity index (χ3v) is 5.75. The summed E-state index contributed by atoms with van der Waals surface area (Å²) in [5, 5.41) is 3.60. The lowest BCUT2D eigenvalue weighted by atomic mass is 9.74. The molecule has 0 aliphatic heterocycles. The Bertz CT molecular complexity index is 278. The van der Waals surface area contributed by atoms with Gasteiger partial charge >= 0.3 is 0 Å². The largest absolute Gasteiger partial charge is 0.315 e. The summed E-state index contributed by atoms with van der Waals surface area (Å²) in [4.78, 5) is 2.74. The molecule has 0 heterocycles. The maximum absolute atomic E-state index is 3.60. The van der Waals surface area contributed by atoms with Crippen molar-refractivity contribution < 1.29 is 0 Å². The molecule has 6 unspecified atom stereocenters. The molecule has 2 saturated carbocycles. The second-order valence-electron chi connectivity index (χ2n) is 7.53. The van der Waals surface area contributed by atoms with E-state index in [4.69, 9.17) is 0 Å². The Morgan fingerprint density at radius 3 is 2.32 bits per heavy atom. The van der Waals surface area contributed by atoms with Gasteiger partial charge in [-0.15, -0.1) is 0 Å². The number of likely N-dealkylation sites (N-methyl/N-ethyl adjacent to an activating group) is 2. The quantitative estimate of drug-likeness (QED) is 0.841. The Kier molecular flexibility index (Phi) is 5.30. The van der Waals surface area contributed by atoms with Crippen molar-refractivity contribution in [3.05, 3.63) is 0 Å². The van der Waals surface area contributed by atoms with Gasteiger partial charge in [0.15, 0.2) is 0 Å². The summed E-state index contributed by atoms with van der Waals surface area (Å²) < 4.78 is 0. The average Bonchev–Trinajstić information content (AvgIpc) is 2.37. The molecule has 0 saturated heterocycles. The highest BCUT2D eigenvalue weighted by Gasteiger charge is 2.38. The minimum Gasteiger partial charge on any atom is -0.315 e. The van der Waals surface area contributed by atoms with Crippen LogP contribution in [0.2, 0.25) is 0 Å². The van der Waals surface area contributed by atoms with E-state index in [1.54, 1.807) is 0 Å². The molecule has 0 radical (unpaired) electrons. The van der Waals surface area contributed by atoms with E-state index in [0.717, 1.165) is 29.8 Å². The first kappa shape index (κ1) is 15.3. The molecule has 6 atom stereocenters. The fraction of sp³-hybridized carbons (Fsp3) is 1.00. The average molecular weight is 266 g/mol. The monoisotopic (exact) mass is 266 g/mol. The zero-order valence-corrected chi connectivity index (χ0v) is 13.7. The van der Waals surface area contributed by atoms with Crippen molar-refractivity contribution in [3.63, 3.8) is 0 Å². The highest BCUT2D eigenvalue weighted by Crippen LogP contribution is 2.35. The minimum atomic E-state index is 0.681. The van der Waals surface area contributed by atoms with Crippen LogP contribution in [0.5, 0.6) is 0 Å². The van der Waals surface area contributed by atoms with Crippen LogP contribution in [0, 0.1) is 17.8 Å². The van der Waals surface area contributed by atoms with Gasteiger partial charge in [0.2, 0.25) is 0 Å². The standard InChI is InChI=1S/C17H34N2/c1-12-7-6-8-15(10-12)19(5)17-14(3)9-13(2)11-16(17)18-4/h12-18H,6-11H2,1-5H3. The van der Waals surface area contributed by atoms with E-state index in [9.17, 15) is 0 Å². The van der Waals surface area contributed by atoms with Gasteiger partial charge in [-0.3, -0.25) is 4.90 Å². The minimum absolute atomic E-state index is 0.681. The number of rotatable bonds is 3. The van der Waals surface area contributed by atoms with E-state index in [-0.39, 0.29) is 0 Å². The van der Waals surface area contributed by atoms with E-state index in [1.165, 1.54) is 38.5 Å². The summed E-state index contributed by atoms with van der Waals surface area (Å²) in [7, 11) is 4.55. The number of nitrogens with zero attached hydrogens (tertiary/aromatic N) is 1. The predicted octanol–water partition coefficient (Wildman–Crippen LogP) is 3.52. The predicted molar refractivity (Wildman–Crippen MR) is 83.4 cm³/mol. The molecule has 0 aromatic heterocycles. The first-order chi connectivity index (χ1) is 9.02. The van der Waals surface area contributed by atoms with Crippen molar-refractivity contribution in [1.82, 2.24) is 10.2 Å². The third-order valence-electron chi connectivity index (χ3n) is 5.75. The lowest BCUT2D eigenvalue weighted by Gasteiger charge is -2.48.